The quantitative estimate of drug-likeness (QED) is 0.202. The van der Waals surface area contributed by atoms with Gasteiger partial charge in [0.2, 0.25) is 5.82 Å². The molecule has 0 bridgehead atoms. The largest absolute Gasteiger partial charge is 0.451 e. The topological polar surface area (TPSA) is 126 Å². The van der Waals surface area contributed by atoms with Gasteiger partial charge in [0.15, 0.2) is 5.82 Å². The third-order valence-corrected chi connectivity index (χ3v) is 8.13. The second-order valence-corrected chi connectivity index (χ2v) is 11.0. The Kier molecular flexibility index (Phi) is 7.31. The molecule has 5 aromatic rings. The third-order valence-electron chi connectivity index (χ3n) is 6.99. The van der Waals surface area contributed by atoms with E-state index in [1.54, 1.807) is 36.4 Å². The van der Waals surface area contributed by atoms with Crippen molar-refractivity contribution in [1.82, 2.24) is 35.8 Å². The van der Waals surface area contributed by atoms with Gasteiger partial charge in [0, 0.05) is 22.9 Å². The molecule has 0 unspecified atom stereocenters. The number of aromatic amines is 1. The lowest BCUT2D eigenvalue weighted by molar-refractivity contribution is -0.144. The number of carbonyl (C=O) groups is 2. The molecule has 2 amide bonds. The number of nitrogens with one attached hydrogen (secondary N) is 3. The average molecular weight is 632 g/mol. The molecule has 3 heterocycles. The molecule has 3 N–H and O–H groups in total. The molecule has 9 nitrogen and oxygen atoms in total. The summed E-state index contributed by atoms with van der Waals surface area (Å²) in [6.45, 7) is 0.0196. The van der Waals surface area contributed by atoms with Gasteiger partial charge in [-0.05, 0) is 53.1 Å². The SMILES string of the molecule is O=C(NCc1ccc2cc(C(F)(F)F)sc2c1)c1cc(C(=O)N[C@@H]2CCc3cc(-c4n[nH]c(C(F)(F)F)n4)ccc32)ncn1. The fraction of sp³-hybridized carbons (Fsp3) is 0.214. The number of thiophene rings is 1. The van der Waals surface area contributed by atoms with E-state index < -0.39 is 40.9 Å². The molecule has 0 radical (unpaired) electrons. The number of benzene rings is 2. The van der Waals surface area contributed by atoms with Crippen molar-refractivity contribution in [2.24, 2.45) is 0 Å². The number of hydrogen-bond acceptors (Lipinski definition) is 7. The van der Waals surface area contributed by atoms with Crippen molar-refractivity contribution in [3.8, 4) is 11.4 Å². The minimum absolute atomic E-state index is 0.0196. The number of H-pyrrole nitrogens is 1. The Morgan fingerprint density at radius 2 is 1.70 bits per heavy atom. The fourth-order valence-corrected chi connectivity index (χ4v) is 5.85. The smallest absolute Gasteiger partial charge is 0.347 e. The van der Waals surface area contributed by atoms with Crippen molar-refractivity contribution in [2.45, 2.75) is 37.8 Å². The van der Waals surface area contributed by atoms with Crippen LogP contribution in [0.15, 0.2) is 54.9 Å². The van der Waals surface area contributed by atoms with Crippen LogP contribution in [-0.2, 0) is 25.3 Å². The standard InChI is InChI=1S/C28H19F6N7O2S/c29-27(30,31)22-9-15-2-1-13(7-21(15)44-22)11-35-24(42)19-10-20(37-12-36-19)25(43)38-18-6-4-14-8-16(3-5-17(14)18)23-39-26(41-40-23)28(32,33)34/h1-3,5,7-10,12,18H,4,6,11H2,(H,35,42)(H,38,43)(H,39,40,41)/t18-/m1/s1. The highest BCUT2D eigenvalue weighted by molar-refractivity contribution is 7.19. The van der Waals surface area contributed by atoms with Gasteiger partial charge in [-0.3, -0.25) is 14.7 Å². The van der Waals surface area contributed by atoms with Gasteiger partial charge < -0.3 is 10.6 Å². The van der Waals surface area contributed by atoms with Gasteiger partial charge >= 0.3 is 12.4 Å². The summed E-state index contributed by atoms with van der Waals surface area (Å²) in [7, 11) is 0. The van der Waals surface area contributed by atoms with Crippen molar-refractivity contribution >= 4 is 33.2 Å². The van der Waals surface area contributed by atoms with Crippen molar-refractivity contribution in [2.75, 3.05) is 0 Å². The van der Waals surface area contributed by atoms with Crippen LogP contribution in [-0.4, -0.2) is 37.0 Å². The van der Waals surface area contributed by atoms with Gasteiger partial charge in [-0.25, -0.2) is 15.0 Å². The Balaban J connectivity index is 1.09. The van der Waals surface area contributed by atoms with Gasteiger partial charge in [-0.1, -0.05) is 24.3 Å². The normalized spacial score (nSPS) is 14.9. The molecule has 226 valence electrons. The molecular formula is C28H19F6N7O2S. The van der Waals surface area contributed by atoms with E-state index >= 15 is 0 Å². The summed E-state index contributed by atoms with van der Waals surface area (Å²) in [5, 5.41) is 11.5. The summed E-state index contributed by atoms with van der Waals surface area (Å²) >= 11 is 0.617. The predicted octanol–water partition coefficient (Wildman–Crippen LogP) is 5.86. The molecule has 3 aromatic heterocycles. The van der Waals surface area contributed by atoms with Crippen LogP contribution in [0.1, 0.15) is 60.8 Å². The Morgan fingerprint density at radius 3 is 2.43 bits per heavy atom. The van der Waals surface area contributed by atoms with E-state index in [2.05, 4.69) is 30.7 Å². The molecule has 44 heavy (non-hydrogen) atoms. The van der Waals surface area contributed by atoms with Crippen LogP contribution in [0.25, 0.3) is 21.5 Å². The maximum atomic E-state index is 13.0. The lowest BCUT2D eigenvalue weighted by atomic mass is 10.0. The summed E-state index contributed by atoms with van der Waals surface area (Å²) in [6.07, 6.45) is -6.93. The predicted molar refractivity (Wildman–Crippen MR) is 145 cm³/mol. The number of fused-ring (bicyclic) bond motifs is 2. The first kappa shape index (κ1) is 29.2. The number of halogens is 6. The van der Waals surface area contributed by atoms with Gasteiger partial charge in [0.1, 0.15) is 22.6 Å². The highest BCUT2D eigenvalue weighted by atomic mass is 32.1. The highest BCUT2D eigenvalue weighted by Gasteiger charge is 2.36. The van der Waals surface area contributed by atoms with Gasteiger partial charge in [0.05, 0.1) is 6.04 Å². The number of aryl methyl sites for hydroxylation is 1. The minimum atomic E-state index is -4.65. The number of hydrogen-bond donors (Lipinski definition) is 3. The first-order chi connectivity index (χ1) is 20.8. The number of rotatable bonds is 6. The third kappa shape index (κ3) is 5.97. The summed E-state index contributed by atoms with van der Waals surface area (Å²) in [6, 6.07) is 11.6. The summed E-state index contributed by atoms with van der Waals surface area (Å²) in [5.74, 6) is -2.46. The molecule has 0 saturated carbocycles. The maximum absolute atomic E-state index is 13.0. The summed E-state index contributed by atoms with van der Waals surface area (Å²) in [5.41, 5.74) is 2.45. The molecule has 1 atom stereocenters. The Bertz CT molecular complexity index is 1900. The summed E-state index contributed by atoms with van der Waals surface area (Å²) in [4.78, 5) is 36.5. The monoisotopic (exact) mass is 631 g/mol. The maximum Gasteiger partial charge on any atom is 0.451 e. The van der Waals surface area contributed by atoms with Crippen LogP contribution in [0.4, 0.5) is 26.3 Å². The Labute approximate surface area is 247 Å². The number of carbonyl (C=O) groups excluding carboxylic acids is 2. The minimum Gasteiger partial charge on any atom is -0.347 e. The molecular weight excluding hydrogens is 612 g/mol. The first-order valence-corrected chi connectivity index (χ1v) is 13.8. The number of alkyl halides is 6. The lowest BCUT2D eigenvalue weighted by Crippen LogP contribution is -2.29. The van der Waals surface area contributed by atoms with Crippen LogP contribution >= 0.6 is 11.3 Å². The van der Waals surface area contributed by atoms with Crippen LogP contribution in [0, 0.1) is 0 Å². The van der Waals surface area contributed by atoms with Crippen molar-refractivity contribution in [3.05, 3.63) is 93.6 Å². The van der Waals surface area contributed by atoms with Crippen LogP contribution in [0.2, 0.25) is 0 Å². The Hall–Kier alpha value is -4.86. The molecule has 0 spiro atoms. The number of amides is 2. The molecule has 1 aliphatic rings. The average Bonchev–Trinajstić information content (AvgIpc) is 3.74. The molecule has 16 heteroatoms. The molecule has 1 aliphatic carbocycles. The van der Waals surface area contributed by atoms with Crippen LogP contribution in [0.5, 0.6) is 0 Å². The molecule has 0 fully saturated rings. The second-order valence-electron chi connectivity index (χ2n) is 9.94. The van der Waals surface area contributed by atoms with Crippen molar-refractivity contribution in [1.29, 1.82) is 0 Å². The zero-order valence-corrected chi connectivity index (χ0v) is 23.0. The lowest BCUT2D eigenvalue weighted by Gasteiger charge is -2.14. The molecule has 0 aliphatic heterocycles. The van der Waals surface area contributed by atoms with E-state index in [0.29, 0.717) is 45.4 Å². The van der Waals surface area contributed by atoms with Crippen molar-refractivity contribution in [3.63, 3.8) is 0 Å². The van der Waals surface area contributed by atoms with E-state index in [1.807, 2.05) is 5.10 Å². The fourth-order valence-electron chi connectivity index (χ4n) is 4.86. The summed E-state index contributed by atoms with van der Waals surface area (Å²) < 4.78 is 78.1. The highest BCUT2D eigenvalue weighted by Crippen LogP contribution is 2.38. The second kappa shape index (κ2) is 11.0. The van der Waals surface area contributed by atoms with E-state index in [0.717, 1.165) is 23.5 Å². The van der Waals surface area contributed by atoms with E-state index in [-0.39, 0.29) is 23.8 Å². The van der Waals surface area contributed by atoms with Crippen LogP contribution < -0.4 is 10.6 Å². The first-order valence-electron chi connectivity index (χ1n) is 13.0. The zero-order valence-electron chi connectivity index (χ0n) is 22.2. The zero-order chi connectivity index (χ0) is 31.2. The number of aromatic nitrogens is 5. The van der Waals surface area contributed by atoms with Gasteiger partial charge in [-0.15, -0.1) is 11.3 Å². The molecule has 6 rings (SSSR count). The number of nitrogens with zero attached hydrogens (tertiary/aromatic N) is 4. The van der Waals surface area contributed by atoms with E-state index in [4.69, 9.17) is 0 Å². The van der Waals surface area contributed by atoms with Gasteiger partial charge in [-0.2, -0.15) is 31.4 Å². The van der Waals surface area contributed by atoms with Crippen molar-refractivity contribution < 1.29 is 35.9 Å². The Morgan fingerprint density at radius 1 is 0.932 bits per heavy atom. The van der Waals surface area contributed by atoms with Gasteiger partial charge in [0.25, 0.3) is 11.8 Å². The molecule has 2 aromatic carbocycles. The van der Waals surface area contributed by atoms with E-state index in [1.165, 1.54) is 6.07 Å². The van der Waals surface area contributed by atoms with E-state index in [9.17, 15) is 35.9 Å². The molecule has 0 saturated heterocycles. The van der Waals surface area contributed by atoms with Crippen LogP contribution in [0.3, 0.4) is 0 Å².